The lowest BCUT2D eigenvalue weighted by atomic mass is 10.0. The lowest BCUT2D eigenvalue weighted by molar-refractivity contribution is -0.131. The molecule has 1 aromatic carbocycles. The third-order valence-corrected chi connectivity index (χ3v) is 3.86. The first-order chi connectivity index (χ1) is 9.58. The average Bonchev–Trinajstić information content (AvgIpc) is 2.45. The molecule has 0 spiro atoms. The van der Waals surface area contributed by atoms with Gasteiger partial charge in [0.1, 0.15) is 0 Å². The number of benzene rings is 1. The maximum Gasteiger partial charge on any atom is 0.253 e. The standard InChI is InChI=1S/C15H19ClN2O2/c1-11-5-4-8-18(10-11)14(19)9-17-15(20)12-6-2-3-7-13(12)16/h2-3,6-7,11H,4-5,8-10H2,1H3,(H,17,20). The van der Waals surface area contributed by atoms with Crippen LogP contribution in [0.15, 0.2) is 24.3 Å². The van der Waals surface area contributed by atoms with E-state index in [1.165, 1.54) is 0 Å². The summed E-state index contributed by atoms with van der Waals surface area (Å²) in [5.41, 5.74) is 0.397. The summed E-state index contributed by atoms with van der Waals surface area (Å²) in [5.74, 6) is 0.193. The molecule has 5 heteroatoms. The Morgan fingerprint density at radius 2 is 2.15 bits per heavy atom. The van der Waals surface area contributed by atoms with Gasteiger partial charge in [-0.15, -0.1) is 0 Å². The summed E-state index contributed by atoms with van der Waals surface area (Å²) in [6.45, 7) is 3.73. The monoisotopic (exact) mass is 294 g/mol. The Hall–Kier alpha value is -1.55. The first kappa shape index (κ1) is 14.9. The van der Waals surface area contributed by atoms with Crippen molar-refractivity contribution in [2.45, 2.75) is 19.8 Å². The van der Waals surface area contributed by atoms with Crippen LogP contribution in [0.3, 0.4) is 0 Å². The molecule has 0 aromatic heterocycles. The van der Waals surface area contributed by atoms with Crippen molar-refractivity contribution in [2.24, 2.45) is 5.92 Å². The molecule has 1 aliphatic heterocycles. The van der Waals surface area contributed by atoms with Gasteiger partial charge in [-0.2, -0.15) is 0 Å². The van der Waals surface area contributed by atoms with Gasteiger partial charge in [-0.25, -0.2) is 0 Å². The normalized spacial score (nSPS) is 18.7. The zero-order chi connectivity index (χ0) is 14.5. The summed E-state index contributed by atoms with van der Waals surface area (Å²) in [6.07, 6.45) is 2.20. The van der Waals surface area contributed by atoms with Gasteiger partial charge in [0.15, 0.2) is 0 Å². The summed E-state index contributed by atoms with van der Waals surface area (Å²) in [4.78, 5) is 25.8. The maximum atomic E-state index is 12.0. The van der Waals surface area contributed by atoms with Crippen LogP contribution < -0.4 is 5.32 Å². The van der Waals surface area contributed by atoms with E-state index in [0.717, 1.165) is 25.9 Å². The van der Waals surface area contributed by atoms with E-state index in [4.69, 9.17) is 11.6 Å². The van der Waals surface area contributed by atoms with Crippen LogP contribution in [0.25, 0.3) is 0 Å². The number of carbonyl (C=O) groups excluding carboxylic acids is 2. The van der Waals surface area contributed by atoms with Crippen LogP contribution in [0, 0.1) is 5.92 Å². The van der Waals surface area contributed by atoms with E-state index >= 15 is 0 Å². The predicted molar refractivity (Wildman–Crippen MR) is 78.8 cm³/mol. The second-order valence-electron chi connectivity index (χ2n) is 5.25. The quantitative estimate of drug-likeness (QED) is 0.930. The first-order valence-electron chi connectivity index (χ1n) is 6.88. The van der Waals surface area contributed by atoms with Crippen molar-refractivity contribution in [3.8, 4) is 0 Å². The SMILES string of the molecule is CC1CCCN(C(=O)CNC(=O)c2ccccc2Cl)C1. The molecular weight excluding hydrogens is 276 g/mol. The Morgan fingerprint density at radius 3 is 2.85 bits per heavy atom. The van der Waals surface area contributed by atoms with Gasteiger partial charge >= 0.3 is 0 Å². The van der Waals surface area contributed by atoms with Crippen LogP contribution in [-0.4, -0.2) is 36.3 Å². The fraction of sp³-hybridized carbons (Fsp3) is 0.467. The lowest BCUT2D eigenvalue weighted by Crippen LogP contribution is -2.44. The van der Waals surface area contributed by atoms with Crippen molar-refractivity contribution >= 4 is 23.4 Å². The fourth-order valence-electron chi connectivity index (χ4n) is 2.42. The van der Waals surface area contributed by atoms with E-state index in [0.29, 0.717) is 16.5 Å². The highest BCUT2D eigenvalue weighted by molar-refractivity contribution is 6.33. The van der Waals surface area contributed by atoms with Gasteiger partial charge in [0.25, 0.3) is 5.91 Å². The fourth-order valence-corrected chi connectivity index (χ4v) is 2.65. The third kappa shape index (κ3) is 3.73. The van der Waals surface area contributed by atoms with Crippen LogP contribution in [0.4, 0.5) is 0 Å². The minimum Gasteiger partial charge on any atom is -0.343 e. The Balaban J connectivity index is 1.87. The molecule has 2 rings (SSSR count). The van der Waals surface area contributed by atoms with Gasteiger partial charge in [0, 0.05) is 13.1 Å². The van der Waals surface area contributed by atoms with Gasteiger partial charge in [-0.1, -0.05) is 30.7 Å². The molecule has 20 heavy (non-hydrogen) atoms. The highest BCUT2D eigenvalue weighted by Gasteiger charge is 2.21. The van der Waals surface area contributed by atoms with Gasteiger partial charge in [0.2, 0.25) is 5.91 Å². The Labute approximate surface area is 124 Å². The summed E-state index contributed by atoms with van der Waals surface area (Å²) in [7, 11) is 0. The molecule has 0 aliphatic carbocycles. The number of nitrogens with one attached hydrogen (secondary N) is 1. The molecule has 1 fully saturated rings. The number of amides is 2. The van der Waals surface area contributed by atoms with E-state index in [2.05, 4.69) is 12.2 Å². The van der Waals surface area contributed by atoms with E-state index < -0.39 is 0 Å². The second kappa shape index (κ2) is 6.75. The number of piperidine rings is 1. The molecule has 1 N–H and O–H groups in total. The predicted octanol–water partition coefficient (Wildman–Crippen LogP) is 2.33. The Morgan fingerprint density at radius 1 is 1.40 bits per heavy atom. The van der Waals surface area contributed by atoms with Crippen molar-refractivity contribution < 1.29 is 9.59 Å². The molecule has 1 saturated heterocycles. The second-order valence-corrected chi connectivity index (χ2v) is 5.66. The molecule has 1 heterocycles. The molecule has 2 amide bonds. The number of rotatable bonds is 3. The lowest BCUT2D eigenvalue weighted by Gasteiger charge is -2.31. The molecule has 0 saturated carbocycles. The van der Waals surface area contributed by atoms with Gasteiger partial charge < -0.3 is 10.2 Å². The zero-order valence-electron chi connectivity index (χ0n) is 11.6. The topological polar surface area (TPSA) is 49.4 Å². The van der Waals surface area contributed by atoms with Crippen molar-refractivity contribution in [1.29, 1.82) is 0 Å². The molecule has 1 aliphatic rings. The van der Waals surface area contributed by atoms with Gasteiger partial charge in [0.05, 0.1) is 17.1 Å². The molecule has 0 radical (unpaired) electrons. The summed E-state index contributed by atoms with van der Waals surface area (Å²) in [6, 6.07) is 6.81. The number of hydrogen-bond donors (Lipinski definition) is 1. The molecule has 108 valence electrons. The van der Waals surface area contributed by atoms with E-state index in [9.17, 15) is 9.59 Å². The molecule has 0 bridgehead atoms. The smallest absolute Gasteiger partial charge is 0.253 e. The minimum atomic E-state index is -0.311. The first-order valence-corrected chi connectivity index (χ1v) is 7.26. The van der Waals surface area contributed by atoms with Crippen molar-refractivity contribution in [3.63, 3.8) is 0 Å². The number of likely N-dealkylation sites (tertiary alicyclic amines) is 1. The molecule has 1 aromatic rings. The van der Waals surface area contributed by atoms with E-state index in [1.54, 1.807) is 24.3 Å². The zero-order valence-corrected chi connectivity index (χ0v) is 12.3. The largest absolute Gasteiger partial charge is 0.343 e. The van der Waals surface area contributed by atoms with Crippen LogP contribution in [0.1, 0.15) is 30.1 Å². The van der Waals surface area contributed by atoms with Crippen LogP contribution in [-0.2, 0) is 4.79 Å². The summed E-state index contributed by atoms with van der Waals surface area (Å²) < 4.78 is 0. The highest BCUT2D eigenvalue weighted by Crippen LogP contribution is 2.16. The highest BCUT2D eigenvalue weighted by atomic mass is 35.5. The van der Waals surface area contributed by atoms with Crippen LogP contribution in [0.2, 0.25) is 5.02 Å². The number of carbonyl (C=O) groups is 2. The van der Waals surface area contributed by atoms with Crippen molar-refractivity contribution in [1.82, 2.24) is 10.2 Å². The summed E-state index contributed by atoms with van der Waals surface area (Å²) >= 11 is 5.95. The number of nitrogens with zero attached hydrogens (tertiary/aromatic N) is 1. The van der Waals surface area contributed by atoms with Crippen LogP contribution in [0.5, 0.6) is 0 Å². The Kier molecular flexibility index (Phi) is 5.01. The number of halogens is 1. The number of hydrogen-bond acceptors (Lipinski definition) is 2. The average molecular weight is 295 g/mol. The van der Waals surface area contributed by atoms with E-state index in [-0.39, 0.29) is 18.4 Å². The van der Waals surface area contributed by atoms with Gasteiger partial charge in [-0.05, 0) is 30.9 Å². The van der Waals surface area contributed by atoms with Crippen molar-refractivity contribution in [3.05, 3.63) is 34.9 Å². The van der Waals surface area contributed by atoms with Crippen LogP contribution >= 0.6 is 11.6 Å². The van der Waals surface area contributed by atoms with E-state index in [1.807, 2.05) is 4.90 Å². The maximum absolute atomic E-state index is 12.0. The Bertz CT molecular complexity index is 504. The minimum absolute atomic E-state index is 0.0246. The van der Waals surface area contributed by atoms with Crippen molar-refractivity contribution in [2.75, 3.05) is 19.6 Å². The molecule has 1 unspecified atom stereocenters. The summed E-state index contributed by atoms with van der Waals surface area (Å²) in [5, 5.41) is 3.03. The molecule has 1 atom stereocenters. The van der Waals surface area contributed by atoms with Gasteiger partial charge in [-0.3, -0.25) is 9.59 Å². The third-order valence-electron chi connectivity index (χ3n) is 3.53. The molecular formula is C15H19ClN2O2. The molecule has 4 nitrogen and oxygen atoms in total.